The molecule has 3 aliphatic rings. The number of hydroxylamine groups is 1. The zero-order valence-electron chi connectivity index (χ0n) is 15.4. The van der Waals surface area contributed by atoms with Crippen molar-refractivity contribution in [3.63, 3.8) is 0 Å². The minimum absolute atomic E-state index is 0.109. The standard InChI is InChI=1S/C20H24N4O2/c1-10-4-7-17(25)24(10)16-9-14(18-11(2)23-26-12(18)3)8-15-19(16)22-20(21-15)13-5-6-13/h8-11,13,23H,4-7H2,1-3H3,(H,21,22). The third-order valence-electron chi connectivity index (χ3n) is 5.81. The fourth-order valence-corrected chi connectivity index (χ4v) is 4.26. The van der Waals surface area contributed by atoms with Gasteiger partial charge in [-0.3, -0.25) is 4.79 Å². The molecule has 1 amide bonds. The lowest BCUT2D eigenvalue weighted by Gasteiger charge is -2.23. The van der Waals surface area contributed by atoms with Crippen molar-refractivity contribution in [1.82, 2.24) is 15.4 Å². The Balaban J connectivity index is 1.73. The van der Waals surface area contributed by atoms with Crippen molar-refractivity contribution < 1.29 is 9.63 Å². The number of fused-ring (bicyclic) bond motifs is 1. The van der Waals surface area contributed by atoms with Gasteiger partial charge in [-0.25, -0.2) is 4.98 Å². The molecule has 2 N–H and O–H groups in total. The lowest BCUT2D eigenvalue weighted by Crippen LogP contribution is -2.31. The number of imidazole rings is 1. The summed E-state index contributed by atoms with van der Waals surface area (Å²) in [6.07, 6.45) is 3.89. The quantitative estimate of drug-likeness (QED) is 0.885. The van der Waals surface area contributed by atoms with E-state index in [0.29, 0.717) is 12.3 Å². The van der Waals surface area contributed by atoms with E-state index in [1.54, 1.807) is 0 Å². The largest absolute Gasteiger partial charge is 0.413 e. The van der Waals surface area contributed by atoms with Crippen LogP contribution in [0.4, 0.5) is 5.69 Å². The van der Waals surface area contributed by atoms with Crippen molar-refractivity contribution >= 4 is 28.2 Å². The van der Waals surface area contributed by atoms with Crippen molar-refractivity contribution in [3.05, 3.63) is 29.3 Å². The molecule has 1 aromatic carbocycles. The molecule has 5 rings (SSSR count). The second-order valence-corrected chi connectivity index (χ2v) is 7.85. The number of aromatic nitrogens is 2. The van der Waals surface area contributed by atoms with Crippen LogP contribution in [0.15, 0.2) is 17.9 Å². The fourth-order valence-electron chi connectivity index (χ4n) is 4.26. The van der Waals surface area contributed by atoms with Gasteiger partial charge in [0.25, 0.3) is 0 Å². The number of amides is 1. The van der Waals surface area contributed by atoms with Crippen LogP contribution < -0.4 is 10.4 Å². The molecule has 1 saturated heterocycles. The number of benzene rings is 1. The number of hydrogen-bond donors (Lipinski definition) is 2. The van der Waals surface area contributed by atoms with E-state index in [2.05, 4.69) is 36.4 Å². The molecule has 2 atom stereocenters. The van der Waals surface area contributed by atoms with E-state index >= 15 is 0 Å². The van der Waals surface area contributed by atoms with Crippen LogP contribution in [-0.4, -0.2) is 28.0 Å². The van der Waals surface area contributed by atoms with Crippen molar-refractivity contribution in [2.75, 3.05) is 4.90 Å². The first-order valence-electron chi connectivity index (χ1n) is 9.52. The van der Waals surface area contributed by atoms with Crippen LogP contribution in [-0.2, 0) is 9.63 Å². The topological polar surface area (TPSA) is 70.2 Å². The molecule has 2 unspecified atom stereocenters. The van der Waals surface area contributed by atoms with Gasteiger partial charge < -0.3 is 14.7 Å². The third kappa shape index (κ3) is 2.35. The summed E-state index contributed by atoms with van der Waals surface area (Å²) in [7, 11) is 0. The van der Waals surface area contributed by atoms with E-state index in [1.165, 1.54) is 12.8 Å². The van der Waals surface area contributed by atoms with Crippen LogP contribution in [0, 0.1) is 0 Å². The van der Waals surface area contributed by atoms with E-state index in [9.17, 15) is 4.79 Å². The summed E-state index contributed by atoms with van der Waals surface area (Å²) in [5, 5.41) is 0. The lowest BCUT2D eigenvalue weighted by atomic mass is 9.98. The van der Waals surface area contributed by atoms with Gasteiger partial charge in [-0.05, 0) is 57.7 Å². The molecule has 2 aliphatic heterocycles. The first-order valence-corrected chi connectivity index (χ1v) is 9.52. The van der Waals surface area contributed by atoms with Crippen LogP contribution in [0.2, 0.25) is 0 Å². The lowest BCUT2D eigenvalue weighted by molar-refractivity contribution is -0.117. The normalized spacial score (nSPS) is 26.3. The number of allylic oxidation sites excluding steroid dienone is 1. The Morgan fingerprint density at radius 1 is 1.23 bits per heavy atom. The van der Waals surface area contributed by atoms with Crippen LogP contribution in [0.3, 0.4) is 0 Å². The molecule has 1 saturated carbocycles. The highest BCUT2D eigenvalue weighted by Gasteiger charge is 2.34. The SMILES string of the molecule is CC1=C(c2cc(N3C(=O)CCC3C)c3nc(C4CC4)[nH]c3c2)C(C)NO1. The van der Waals surface area contributed by atoms with E-state index in [1.807, 2.05) is 11.8 Å². The molecule has 6 nitrogen and oxygen atoms in total. The van der Waals surface area contributed by atoms with Crippen LogP contribution >= 0.6 is 0 Å². The highest BCUT2D eigenvalue weighted by Crippen LogP contribution is 2.42. The Morgan fingerprint density at radius 2 is 2.04 bits per heavy atom. The number of aromatic amines is 1. The zero-order chi connectivity index (χ0) is 18.0. The first kappa shape index (κ1) is 15.9. The van der Waals surface area contributed by atoms with Crippen molar-refractivity contribution in [3.8, 4) is 0 Å². The van der Waals surface area contributed by atoms with Gasteiger partial charge >= 0.3 is 0 Å². The summed E-state index contributed by atoms with van der Waals surface area (Å²) in [5.41, 5.74) is 8.09. The van der Waals surface area contributed by atoms with Gasteiger partial charge in [-0.15, -0.1) is 5.48 Å². The minimum Gasteiger partial charge on any atom is -0.413 e. The minimum atomic E-state index is 0.109. The van der Waals surface area contributed by atoms with Crippen LogP contribution in [0.5, 0.6) is 0 Å². The molecule has 2 aromatic rings. The van der Waals surface area contributed by atoms with Crippen LogP contribution in [0.25, 0.3) is 16.6 Å². The second-order valence-electron chi connectivity index (χ2n) is 7.85. The Bertz CT molecular complexity index is 941. The molecular weight excluding hydrogens is 328 g/mol. The van der Waals surface area contributed by atoms with Gasteiger partial charge in [0, 0.05) is 24.0 Å². The monoisotopic (exact) mass is 352 g/mol. The summed E-state index contributed by atoms with van der Waals surface area (Å²) in [6, 6.07) is 4.57. The van der Waals surface area contributed by atoms with Gasteiger partial charge in [0.05, 0.1) is 17.2 Å². The number of anilines is 1. The smallest absolute Gasteiger partial charge is 0.227 e. The Morgan fingerprint density at radius 3 is 2.65 bits per heavy atom. The summed E-state index contributed by atoms with van der Waals surface area (Å²) in [4.78, 5) is 28.4. The maximum atomic E-state index is 12.6. The molecule has 1 aliphatic carbocycles. The highest BCUT2D eigenvalue weighted by molar-refractivity contribution is 6.04. The Hall–Kier alpha value is -2.34. The van der Waals surface area contributed by atoms with Gasteiger partial charge in [0.15, 0.2) is 0 Å². The predicted octanol–water partition coefficient (Wildman–Crippen LogP) is 3.61. The average Bonchev–Trinajstić information content (AvgIpc) is 3.17. The predicted molar refractivity (Wildman–Crippen MR) is 101 cm³/mol. The fraction of sp³-hybridized carbons (Fsp3) is 0.500. The van der Waals surface area contributed by atoms with E-state index < -0.39 is 0 Å². The molecule has 1 aromatic heterocycles. The summed E-state index contributed by atoms with van der Waals surface area (Å²) < 4.78 is 0. The number of hydrogen-bond acceptors (Lipinski definition) is 4. The molecule has 0 radical (unpaired) electrons. The number of H-pyrrole nitrogens is 1. The first-order chi connectivity index (χ1) is 12.5. The average molecular weight is 352 g/mol. The molecule has 26 heavy (non-hydrogen) atoms. The molecule has 3 heterocycles. The number of nitrogens with one attached hydrogen (secondary N) is 2. The molecule has 2 fully saturated rings. The van der Waals surface area contributed by atoms with Crippen molar-refractivity contribution in [1.29, 1.82) is 0 Å². The van der Waals surface area contributed by atoms with E-state index in [-0.39, 0.29) is 18.0 Å². The summed E-state index contributed by atoms with van der Waals surface area (Å²) >= 11 is 0. The molecule has 6 heteroatoms. The van der Waals surface area contributed by atoms with Gasteiger partial charge in [0.1, 0.15) is 17.1 Å². The maximum absolute atomic E-state index is 12.6. The summed E-state index contributed by atoms with van der Waals surface area (Å²) in [5.74, 6) is 2.66. The number of rotatable bonds is 3. The molecular formula is C20H24N4O2. The van der Waals surface area contributed by atoms with Gasteiger partial charge in [-0.2, -0.15) is 0 Å². The van der Waals surface area contributed by atoms with E-state index in [0.717, 1.165) is 45.9 Å². The molecule has 136 valence electrons. The van der Waals surface area contributed by atoms with Gasteiger partial charge in [0.2, 0.25) is 5.91 Å². The Kier molecular flexibility index (Phi) is 3.41. The summed E-state index contributed by atoms with van der Waals surface area (Å²) in [6.45, 7) is 6.18. The Labute approximate surface area is 152 Å². The third-order valence-corrected chi connectivity index (χ3v) is 5.81. The van der Waals surface area contributed by atoms with Gasteiger partial charge in [-0.1, -0.05) is 0 Å². The van der Waals surface area contributed by atoms with Crippen molar-refractivity contribution in [2.24, 2.45) is 0 Å². The maximum Gasteiger partial charge on any atom is 0.227 e. The second kappa shape index (κ2) is 5.58. The number of carbonyl (C=O) groups is 1. The van der Waals surface area contributed by atoms with E-state index in [4.69, 9.17) is 9.82 Å². The molecule has 0 spiro atoms. The highest BCUT2D eigenvalue weighted by atomic mass is 16.7. The van der Waals surface area contributed by atoms with Crippen LogP contribution in [0.1, 0.15) is 63.8 Å². The zero-order valence-corrected chi connectivity index (χ0v) is 15.4. The van der Waals surface area contributed by atoms with Crippen molar-refractivity contribution in [2.45, 2.75) is 64.5 Å². The number of nitrogens with zero attached hydrogens (tertiary/aromatic N) is 2. The molecule has 0 bridgehead atoms. The number of carbonyl (C=O) groups excluding carboxylic acids is 1.